The largest absolute Gasteiger partial charge is 0.444 e. The van der Waals surface area contributed by atoms with E-state index in [2.05, 4.69) is 16.8 Å². The summed E-state index contributed by atoms with van der Waals surface area (Å²) in [4.78, 5) is 6.72. The number of aliphatic hydroxyl groups excluding tert-OH is 1. The molecule has 2 unspecified atom stereocenters. The number of benzene rings is 1. The van der Waals surface area contributed by atoms with Crippen LogP contribution in [0.15, 0.2) is 34.9 Å². The van der Waals surface area contributed by atoms with Crippen LogP contribution in [0.3, 0.4) is 0 Å². The number of halogens is 1. The molecule has 1 fully saturated rings. The standard InChI is InChI=1S/C16H19FN2O2/c1-11-8-19(7-6-15(11)20)9-14-10-21-16(18-14)12-2-4-13(17)5-3-12/h2-5,10-11,15,20H,6-9H2,1H3. The van der Waals surface area contributed by atoms with Gasteiger partial charge in [-0.25, -0.2) is 9.37 Å². The molecule has 1 aliphatic rings. The summed E-state index contributed by atoms with van der Waals surface area (Å²) in [6.07, 6.45) is 2.24. The molecule has 0 spiro atoms. The van der Waals surface area contributed by atoms with Gasteiger partial charge in [0.1, 0.15) is 12.1 Å². The Kier molecular flexibility index (Phi) is 4.03. The fraction of sp³-hybridized carbons (Fsp3) is 0.438. The van der Waals surface area contributed by atoms with Crippen molar-refractivity contribution >= 4 is 0 Å². The average molecular weight is 290 g/mol. The smallest absolute Gasteiger partial charge is 0.226 e. The van der Waals surface area contributed by atoms with Crippen LogP contribution in [-0.4, -0.2) is 34.2 Å². The summed E-state index contributed by atoms with van der Waals surface area (Å²) in [6, 6.07) is 6.11. The molecule has 2 aromatic rings. The number of aromatic nitrogens is 1. The lowest BCUT2D eigenvalue weighted by Crippen LogP contribution is -2.41. The van der Waals surface area contributed by atoms with E-state index < -0.39 is 0 Å². The number of aliphatic hydroxyl groups is 1. The van der Waals surface area contributed by atoms with Crippen LogP contribution in [0.5, 0.6) is 0 Å². The van der Waals surface area contributed by atoms with E-state index in [0.717, 1.165) is 30.8 Å². The zero-order valence-corrected chi connectivity index (χ0v) is 12.0. The van der Waals surface area contributed by atoms with Gasteiger partial charge in [0.15, 0.2) is 0 Å². The molecule has 1 N–H and O–H groups in total. The zero-order chi connectivity index (χ0) is 14.8. The second-order valence-corrected chi connectivity index (χ2v) is 5.72. The molecule has 0 aliphatic carbocycles. The van der Waals surface area contributed by atoms with Crippen LogP contribution in [0.1, 0.15) is 19.0 Å². The molecule has 2 atom stereocenters. The van der Waals surface area contributed by atoms with Gasteiger partial charge in [-0.1, -0.05) is 6.92 Å². The molecule has 2 heterocycles. The fourth-order valence-electron chi connectivity index (χ4n) is 2.70. The van der Waals surface area contributed by atoms with Crippen LogP contribution in [0.2, 0.25) is 0 Å². The molecule has 5 heteroatoms. The molecule has 3 rings (SSSR count). The molecule has 1 aromatic heterocycles. The maximum absolute atomic E-state index is 12.9. The van der Waals surface area contributed by atoms with Gasteiger partial charge in [-0.05, 0) is 36.6 Å². The molecule has 112 valence electrons. The molecule has 0 radical (unpaired) electrons. The van der Waals surface area contributed by atoms with E-state index in [1.165, 1.54) is 12.1 Å². The zero-order valence-electron chi connectivity index (χ0n) is 12.0. The molecular weight excluding hydrogens is 271 g/mol. The molecule has 4 nitrogen and oxygen atoms in total. The van der Waals surface area contributed by atoms with Crippen molar-refractivity contribution in [1.29, 1.82) is 0 Å². The Bertz CT molecular complexity index is 597. The van der Waals surface area contributed by atoms with E-state index in [1.807, 2.05) is 0 Å². The normalized spacial score (nSPS) is 23.4. The van der Waals surface area contributed by atoms with Crippen LogP contribution >= 0.6 is 0 Å². The van der Waals surface area contributed by atoms with Crippen LogP contribution in [0.25, 0.3) is 11.5 Å². The molecule has 0 amide bonds. The van der Waals surface area contributed by atoms with Crippen molar-refractivity contribution in [2.75, 3.05) is 13.1 Å². The van der Waals surface area contributed by atoms with Crippen LogP contribution < -0.4 is 0 Å². The Labute approximate surface area is 123 Å². The molecule has 21 heavy (non-hydrogen) atoms. The molecule has 0 saturated carbocycles. The van der Waals surface area contributed by atoms with E-state index in [-0.39, 0.29) is 17.8 Å². The Balaban J connectivity index is 1.66. The third-order valence-electron chi connectivity index (χ3n) is 3.97. The quantitative estimate of drug-likeness (QED) is 0.944. The minimum Gasteiger partial charge on any atom is -0.444 e. The van der Waals surface area contributed by atoms with Gasteiger partial charge in [0.25, 0.3) is 0 Å². The van der Waals surface area contributed by atoms with Crippen molar-refractivity contribution < 1.29 is 13.9 Å². The highest BCUT2D eigenvalue weighted by Crippen LogP contribution is 2.22. The third kappa shape index (κ3) is 3.31. The van der Waals surface area contributed by atoms with E-state index in [0.29, 0.717) is 12.4 Å². The maximum Gasteiger partial charge on any atom is 0.226 e. The number of oxazole rings is 1. The number of likely N-dealkylation sites (tertiary alicyclic amines) is 1. The first-order chi connectivity index (χ1) is 10.1. The van der Waals surface area contributed by atoms with Crippen molar-refractivity contribution in [3.63, 3.8) is 0 Å². The van der Waals surface area contributed by atoms with Gasteiger partial charge in [0, 0.05) is 25.2 Å². The predicted octanol–water partition coefficient (Wildman–Crippen LogP) is 2.68. The third-order valence-corrected chi connectivity index (χ3v) is 3.97. The summed E-state index contributed by atoms with van der Waals surface area (Å²) in [5.41, 5.74) is 1.63. The Morgan fingerprint density at radius 3 is 2.86 bits per heavy atom. The number of rotatable bonds is 3. The number of hydrogen-bond donors (Lipinski definition) is 1. The topological polar surface area (TPSA) is 49.5 Å². The minimum atomic E-state index is -0.272. The van der Waals surface area contributed by atoms with Gasteiger partial charge in [0.05, 0.1) is 11.8 Å². The summed E-state index contributed by atoms with van der Waals surface area (Å²) in [5, 5.41) is 9.75. The van der Waals surface area contributed by atoms with Gasteiger partial charge in [0.2, 0.25) is 5.89 Å². The van der Waals surface area contributed by atoms with E-state index in [9.17, 15) is 9.50 Å². The monoisotopic (exact) mass is 290 g/mol. The van der Waals surface area contributed by atoms with Gasteiger partial charge in [-0.3, -0.25) is 4.90 Å². The first-order valence-corrected chi connectivity index (χ1v) is 7.22. The highest BCUT2D eigenvalue weighted by molar-refractivity contribution is 5.52. The van der Waals surface area contributed by atoms with Crippen molar-refractivity contribution in [3.05, 3.63) is 42.0 Å². The van der Waals surface area contributed by atoms with Gasteiger partial charge in [-0.15, -0.1) is 0 Å². The molecule has 1 saturated heterocycles. The fourth-order valence-corrected chi connectivity index (χ4v) is 2.70. The van der Waals surface area contributed by atoms with E-state index in [1.54, 1.807) is 18.4 Å². The SMILES string of the molecule is CC1CN(Cc2coc(-c3ccc(F)cc3)n2)CCC1O. The average Bonchev–Trinajstić information content (AvgIpc) is 2.92. The second kappa shape index (κ2) is 5.95. The van der Waals surface area contributed by atoms with Gasteiger partial charge >= 0.3 is 0 Å². The van der Waals surface area contributed by atoms with Crippen LogP contribution in [0.4, 0.5) is 4.39 Å². The number of piperidine rings is 1. The van der Waals surface area contributed by atoms with Gasteiger partial charge < -0.3 is 9.52 Å². The number of nitrogens with zero attached hydrogens (tertiary/aromatic N) is 2. The lowest BCUT2D eigenvalue weighted by atomic mass is 9.97. The Hall–Kier alpha value is -1.72. The molecule has 1 aromatic carbocycles. The number of hydrogen-bond acceptors (Lipinski definition) is 4. The highest BCUT2D eigenvalue weighted by Gasteiger charge is 2.24. The van der Waals surface area contributed by atoms with Crippen molar-refractivity contribution in [1.82, 2.24) is 9.88 Å². The molecule has 1 aliphatic heterocycles. The predicted molar refractivity (Wildman–Crippen MR) is 77.0 cm³/mol. The second-order valence-electron chi connectivity index (χ2n) is 5.72. The van der Waals surface area contributed by atoms with Gasteiger partial charge in [-0.2, -0.15) is 0 Å². The Morgan fingerprint density at radius 1 is 1.38 bits per heavy atom. The van der Waals surface area contributed by atoms with E-state index >= 15 is 0 Å². The van der Waals surface area contributed by atoms with Crippen LogP contribution in [-0.2, 0) is 6.54 Å². The molecule has 0 bridgehead atoms. The maximum atomic E-state index is 12.9. The summed E-state index contributed by atoms with van der Waals surface area (Å²) in [7, 11) is 0. The van der Waals surface area contributed by atoms with Crippen molar-refractivity contribution in [3.8, 4) is 11.5 Å². The molecular formula is C16H19FN2O2. The minimum absolute atomic E-state index is 0.201. The van der Waals surface area contributed by atoms with Crippen molar-refractivity contribution in [2.24, 2.45) is 5.92 Å². The lowest BCUT2D eigenvalue weighted by molar-refractivity contribution is 0.0315. The summed E-state index contributed by atoms with van der Waals surface area (Å²) < 4.78 is 18.4. The first kappa shape index (κ1) is 14.2. The summed E-state index contributed by atoms with van der Waals surface area (Å²) >= 11 is 0. The van der Waals surface area contributed by atoms with Crippen LogP contribution in [0, 0.1) is 11.7 Å². The van der Waals surface area contributed by atoms with Crippen molar-refractivity contribution in [2.45, 2.75) is 26.0 Å². The van der Waals surface area contributed by atoms with E-state index in [4.69, 9.17) is 4.42 Å². The summed E-state index contributed by atoms with van der Waals surface area (Å²) in [5.74, 6) is 0.517. The lowest BCUT2D eigenvalue weighted by Gasteiger charge is -2.33. The summed E-state index contributed by atoms with van der Waals surface area (Å²) in [6.45, 7) is 4.50. The first-order valence-electron chi connectivity index (χ1n) is 7.22. The Morgan fingerprint density at radius 2 is 2.14 bits per heavy atom. The highest BCUT2D eigenvalue weighted by atomic mass is 19.1.